The first-order valence-electron chi connectivity index (χ1n) is 10.2. The molecule has 7 heteroatoms. The van der Waals surface area contributed by atoms with Gasteiger partial charge in [-0.15, -0.1) is 0 Å². The van der Waals surface area contributed by atoms with E-state index in [1.807, 2.05) is 18.2 Å². The Balaban J connectivity index is 1.43. The highest BCUT2D eigenvalue weighted by molar-refractivity contribution is 9.10. The third kappa shape index (κ3) is 3.56. The smallest absolute Gasteiger partial charge is 0.143 e. The maximum atomic E-state index is 9.15. The quantitative estimate of drug-likeness (QED) is 0.568. The van der Waals surface area contributed by atoms with Gasteiger partial charge >= 0.3 is 0 Å². The number of fused-ring (bicyclic) bond motifs is 1. The molecule has 1 aliphatic heterocycles. The Bertz CT molecular complexity index is 1150. The number of nitriles is 1. The number of anilines is 2. The molecule has 0 atom stereocenters. The summed E-state index contributed by atoms with van der Waals surface area (Å²) in [6.45, 7) is 3.46. The fraction of sp³-hybridized carbons (Fsp3) is 0.348. The largest absolute Gasteiger partial charge is 0.495 e. The first-order valence-corrected chi connectivity index (χ1v) is 11.0. The Labute approximate surface area is 184 Å². The van der Waals surface area contributed by atoms with Gasteiger partial charge < -0.3 is 14.5 Å². The summed E-state index contributed by atoms with van der Waals surface area (Å²) in [6, 6.07) is 14.1. The van der Waals surface area contributed by atoms with E-state index in [1.165, 1.54) is 12.8 Å². The Morgan fingerprint density at radius 1 is 1.03 bits per heavy atom. The van der Waals surface area contributed by atoms with Gasteiger partial charge in [0.25, 0.3) is 0 Å². The zero-order valence-corrected chi connectivity index (χ0v) is 18.4. The van der Waals surface area contributed by atoms with E-state index in [0.29, 0.717) is 11.5 Å². The molecule has 1 saturated heterocycles. The highest BCUT2D eigenvalue weighted by Gasteiger charge is 2.29. The van der Waals surface area contributed by atoms with E-state index in [-0.39, 0.29) is 0 Å². The maximum absolute atomic E-state index is 9.15. The number of piperazine rings is 1. The number of rotatable bonds is 4. The number of hydrogen-bond donors (Lipinski definition) is 0. The van der Waals surface area contributed by atoms with E-state index in [2.05, 4.69) is 43.9 Å². The molecule has 2 aliphatic rings. The number of halogens is 1. The lowest BCUT2D eigenvalue weighted by molar-refractivity contribution is 0.413. The van der Waals surface area contributed by atoms with Crippen molar-refractivity contribution in [1.82, 2.24) is 9.97 Å². The van der Waals surface area contributed by atoms with Gasteiger partial charge in [-0.05, 0) is 43.2 Å². The van der Waals surface area contributed by atoms with E-state index in [0.717, 1.165) is 64.6 Å². The average Bonchev–Trinajstić information content (AvgIpc) is 3.63. The zero-order valence-electron chi connectivity index (χ0n) is 16.8. The van der Waals surface area contributed by atoms with Crippen molar-refractivity contribution >= 4 is 38.3 Å². The van der Waals surface area contributed by atoms with Crippen molar-refractivity contribution in [3.05, 3.63) is 52.3 Å². The fourth-order valence-electron chi connectivity index (χ4n) is 4.03. The molecule has 2 fully saturated rings. The van der Waals surface area contributed by atoms with Crippen LogP contribution in [0.1, 0.15) is 30.1 Å². The Hall–Kier alpha value is -2.85. The van der Waals surface area contributed by atoms with Crippen LogP contribution >= 0.6 is 15.9 Å². The molecule has 3 aromatic rings. The molecule has 1 aromatic heterocycles. The average molecular weight is 464 g/mol. The van der Waals surface area contributed by atoms with Crippen molar-refractivity contribution < 1.29 is 4.74 Å². The minimum atomic E-state index is 0.515. The molecule has 0 amide bonds. The lowest BCUT2D eigenvalue weighted by Crippen LogP contribution is -2.47. The van der Waals surface area contributed by atoms with Crippen LogP contribution in [0.25, 0.3) is 10.9 Å². The summed E-state index contributed by atoms with van der Waals surface area (Å²) in [5.41, 5.74) is 2.66. The fourth-order valence-corrected chi connectivity index (χ4v) is 4.40. The third-order valence-corrected chi connectivity index (χ3v) is 6.32. The highest BCUT2D eigenvalue weighted by atomic mass is 79.9. The van der Waals surface area contributed by atoms with Crippen LogP contribution in [0.4, 0.5) is 11.5 Å². The minimum Gasteiger partial charge on any atom is -0.495 e. The van der Waals surface area contributed by atoms with Crippen molar-refractivity contribution in [2.45, 2.75) is 18.8 Å². The summed E-state index contributed by atoms with van der Waals surface area (Å²) in [7, 11) is 1.65. The number of ether oxygens (including phenoxy) is 1. The van der Waals surface area contributed by atoms with Gasteiger partial charge in [-0.3, -0.25) is 0 Å². The third-order valence-electron chi connectivity index (χ3n) is 5.83. The van der Waals surface area contributed by atoms with Gasteiger partial charge in [0.05, 0.1) is 29.9 Å². The lowest BCUT2D eigenvalue weighted by atomic mass is 10.1. The van der Waals surface area contributed by atoms with Gasteiger partial charge in [-0.2, -0.15) is 5.26 Å². The number of methoxy groups -OCH3 is 1. The Morgan fingerprint density at radius 3 is 2.50 bits per heavy atom. The molecule has 152 valence electrons. The minimum absolute atomic E-state index is 0.515. The number of benzene rings is 2. The molecule has 0 radical (unpaired) electrons. The van der Waals surface area contributed by atoms with Crippen LogP contribution in [0.3, 0.4) is 0 Å². The summed E-state index contributed by atoms with van der Waals surface area (Å²) in [5, 5.41) is 10.2. The van der Waals surface area contributed by atoms with Crippen LogP contribution in [-0.4, -0.2) is 43.3 Å². The van der Waals surface area contributed by atoms with E-state index in [1.54, 1.807) is 13.2 Å². The molecule has 0 bridgehead atoms. The molecule has 6 nitrogen and oxygen atoms in total. The topological polar surface area (TPSA) is 65.3 Å². The standard InChI is InChI=1S/C23H22BrN5O/c1-30-21-12-15(14-25)2-7-20(21)28-8-10-29(11-9-28)23-18-13-17(24)5-6-19(18)26-22(27-23)16-3-4-16/h2,5-7,12-13,16H,3-4,8-11H2,1H3. The molecule has 1 saturated carbocycles. The SMILES string of the molecule is COc1cc(C#N)ccc1N1CCN(c2nc(C3CC3)nc3ccc(Br)cc23)CC1. The van der Waals surface area contributed by atoms with Gasteiger partial charge in [0, 0.05) is 48.0 Å². The first-order chi connectivity index (χ1) is 14.7. The van der Waals surface area contributed by atoms with Gasteiger partial charge in [0.2, 0.25) is 0 Å². The molecule has 0 N–H and O–H groups in total. The predicted molar refractivity (Wildman–Crippen MR) is 121 cm³/mol. The molecular formula is C23H22BrN5O. The number of aromatic nitrogens is 2. The molecule has 30 heavy (non-hydrogen) atoms. The van der Waals surface area contributed by atoms with Crippen molar-refractivity contribution in [3.8, 4) is 11.8 Å². The molecular weight excluding hydrogens is 442 g/mol. The summed E-state index contributed by atoms with van der Waals surface area (Å²) >= 11 is 3.60. The predicted octanol–water partition coefficient (Wildman–Crippen LogP) is 4.48. The van der Waals surface area contributed by atoms with E-state index < -0.39 is 0 Å². The van der Waals surface area contributed by atoms with Crippen LogP contribution in [0.2, 0.25) is 0 Å². The molecule has 1 aliphatic carbocycles. The van der Waals surface area contributed by atoms with Crippen molar-refractivity contribution in [2.24, 2.45) is 0 Å². The second-order valence-electron chi connectivity index (χ2n) is 7.81. The second-order valence-corrected chi connectivity index (χ2v) is 8.73. The zero-order chi connectivity index (χ0) is 20.7. The van der Waals surface area contributed by atoms with Gasteiger partial charge in [0.15, 0.2) is 0 Å². The number of nitrogens with zero attached hydrogens (tertiary/aromatic N) is 5. The summed E-state index contributed by atoms with van der Waals surface area (Å²) in [4.78, 5) is 14.5. The summed E-state index contributed by atoms with van der Waals surface area (Å²) in [6.07, 6.45) is 2.38. The molecule has 0 spiro atoms. The van der Waals surface area contributed by atoms with Gasteiger partial charge in [-0.25, -0.2) is 9.97 Å². The van der Waals surface area contributed by atoms with Crippen LogP contribution in [0, 0.1) is 11.3 Å². The van der Waals surface area contributed by atoms with Gasteiger partial charge in [0.1, 0.15) is 17.4 Å². The summed E-state index contributed by atoms with van der Waals surface area (Å²) in [5.74, 6) is 3.28. The van der Waals surface area contributed by atoms with Crippen LogP contribution in [0.5, 0.6) is 5.75 Å². The van der Waals surface area contributed by atoms with Crippen LogP contribution in [-0.2, 0) is 0 Å². The second kappa shape index (κ2) is 7.77. The Morgan fingerprint density at radius 2 is 1.80 bits per heavy atom. The monoisotopic (exact) mass is 463 g/mol. The molecule has 0 unspecified atom stereocenters. The Kier molecular flexibility index (Phi) is 4.95. The number of hydrogen-bond acceptors (Lipinski definition) is 6. The highest BCUT2D eigenvalue weighted by Crippen LogP contribution is 2.40. The molecule has 2 aromatic carbocycles. The summed E-state index contributed by atoms with van der Waals surface area (Å²) < 4.78 is 6.58. The normalized spacial score (nSPS) is 16.6. The maximum Gasteiger partial charge on any atom is 0.143 e. The van der Waals surface area contributed by atoms with Crippen molar-refractivity contribution in [1.29, 1.82) is 5.26 Å². The lowest BCUT2D eigenvalue weighted by Gasteiger charge is -2.37. The van der Waals surface area contributed by atoms with Crippen molar-refractivity contribution in [3.63, 3.8) is 0 Å². The van der Waals surface area contributed by atoms with E-state index in [4.69, 9.17) is 20.0 Å². The van der Waals surface area contributed by atoms with Crippen LogP contribution in [0.15, 0.2) is 40.9 Å². The molecule has 2 heterocycles. The van der Waals surface area contributed by atoms with E-state index >= 15 is 0 Å². The van der Waals surface area contributed by atoms with E-state index in [9.17, 15) is 0 Å². The van der Waals surface area contributed by atoms with Crippen LogP contribution < -0.4 is 14.5 Å². The van der Waals surface area contributed by atoms with Crippen molar-refractivity contribution in [2.75, 3.05) is 43.1 Å². The van der Waals surface area contributed by atoms with Gasteiger partial charge in [-0.1, -0.05) is 15.9 Å². The first kappa shape index (κ1) is 19.1. The molecule has 5 rings (SSSR count).